The Bertz CT molecular complexity index is 752. The summed E-state index contributed by atoms with van der Waals surface area (Å²) in [4.78, 5) is 12.1. The Kier molecular flexibility index (Phi) is 5.77. The molecule has 0 heterocycles. The van der Waals surface area contributed by atoms with Gasteiger partial charge in [-0.05, 0) is 43.3 Å². The summed E-state index contributed by atoms with van der Waals surface area (Å²) in [6, 6.07) is 10.0. The Morgan fingerprint density at radius 2 is 1.96 bits per heavy atom. The van der Waals surface area contributed by atoms with Gasteiger partial charge in [-0.15, -0.1) is 0 Å². The molecule has 2 aromatic carbocycles. The zero-order chi connectivity index (χ0) is 17.9. The third-order valence-electron chi connectivity index (χ3n) is 3.02. The van der Waals surface area contributed by atoms with E-state index >= 15 is 0 Å². The number of alkyl halides is 3. The van der Waals surface area contributed by atoms with Gasteiger partial charge in [0, 0.05) is 10.2 Å². The van der Waals surface area contributed by atoms with Crippen molar-refractivity contribution >= 4 is 39.1 Å². The van der Waals surface area contributed by atoms with Crippen molar-refractivity contribution in [2.24, 2.45) is 0 Å². The van der Waals surface area contributed by atoms with E-state index in [1.54, 1.807) is 24.3 Å². The largest absolute Gasteiger partial charge is 0.481 e. The van der Waals surface area contributed by atoms with Crippen LogP contribution in [0.25, 0.3) is 0 Å². The van der Waals surface area contributed by atoms with Crippen molar-refractivity contribution in [3.05, 3.63) is 57.5 Å². The van der Waals surface area contributed by atoms with E-state index in [0.29, 0.717) is 5.75 Å². The molecule has 0 spiro atoms. The summed E-state index contributed by atoms with van der Waals surface area (Å²) in [5.74, 6) is -0.121. The fraction of sp³-hybridized carbons (Fsp3) is 0.188. The maximum atomic E-state index is 12.8. The second-order valence-electron chi connectivity index (χ2n) is 4.90. The van der Waals surface area contributed by atoms with E-state index in [2.05, 4.69) is 21.2 Å². The molecule has 0 saturated carbocycles. The lowest BCUT2D eigenvalue weighted by Crippen LogP contribution is -2.30. The molecule has 0 aliphatic heterocycles. The molecule has 0 aliphatic rings. The molecule has 0 bridgehead atoms. The van der Waals surface area contributed by atoms with Crippen molar-refractivity contribution in [2.75, 3.05) is 5.32 Å². The molecule has 1 N–H and O–H groups in total. The summed E-state index contributed by atoms with van der Waals surface area (Å²) >= 11 is 8.82. The normalized spacial score (nSPS) is 12.6. The third kappa shape index (κ3) is 4.88. The van der Waals surface area contributed by atoms with Crippen molar-refractivity contribution < 1.29 is 22.7 Å². The predicted molar refractivity (Wildman–Crippen MR) is 89.3 cm³/mol. The molecular formula is C16H12BrClF3NO2. The van der Waals surface area contributed by atoms with Gasteiger partial charge in [-0.3, -0.25) is 4.79 Å². The van der Waals surface area contributed by atoms with Gasteiger partial charge in [-0.1, -0.05) is 33.6 Å². The number of benzene rings is 2. The van der Waals surface area contributed by atoms with Crippen LogP contribution in [0, 0.1) is 0 Å². The summed E-state index contributed by atoms with van der Waals surface area (Å²) in [5.41, 5.74) is -1.02. The Morgan fingerprint density at radius 1 is 1.25 bits per heavy atom. The SMILES string of the molecule is CC(Oc1cccc(Br)c1)C(=O)Nc1ccc(Cl)c(C(F)(F)F)c1. The van der Waals surface area contributed by atoms with Crippen LogP contribution in [-0.4, -0.2) is 12.0 Å². The molecular weight excluding hydrogens is 411 g/mol. The second-order valence-corrected chi connectivity index (χ2v) is 6.22. The third-order valence-corrected chi connectivity index (χ3v) is 3.84. The first-order valence-electron chi connectivity index (χ1n) is 6.76. The first-order valence-corrected chi connectivity index (χ1v) is 7.94. The number of ether oxygens (including phenoxy) is 1. The molecule has 2 rings (SSSR count). The maximum Gasteiger partial charge on any atom is 0.417 e. The van der Waals surface area contributed by atoms with Gasteiger partial charge in [0.1, 0.15) is 5.75 Å². The standard InChI is InChI=1S/C16H12BrClF3NO2/c1-9(24-12-4-2-3-10(17)7-12)15(23)22-11-5-6-14(18)13(8-11)16(19,20)21/h2-9H,1H3,(H,22,23). The van der Waals surface area contributed by atoms with Crippen molar-refractivity contribution in [1.82, 2.24) is 0 Å². The van der Waals surface area contributed by atoms with Crippen LogP contribution in [0.3, 0.4) is 0 Å². The Balaban J connectivity index is 2.09. The average Bonchev–Trinajstić information content (AvgIpc) is 2.48. The predicted octanol–water partition coefficient (Wildman–Crippen LogP) is 5.53. The summed E-state index contributed by atoms with van der Waals surface area (Å²) < 4.78 is 44.7. The highest BCUT2D eigenvalue weighted by atomic mass is 79.9. The molecule has 2 aromatic rings. The van der Waals surface area contributed by atoms with E-state index in [9.17, 15) is 18.0 Å². The molecule has 3 nitrogen and oxygen atoms in total. The number of carbonyl (C=O) groups excluding carboxylic acids is 1. The molecule has 1 unspecified atom stereocenters. The van der Waals surface area contributed by atoms with Gasteiger partial charge in [-0.25, -0.2) is 0 Å². The van der Waals surface area contributed by atoms with Gasteiger partial charge in [0.15, 0.2) is 6.10 Å². The molecule has 0 saturated heterocycles. The number of anilines is 1. The first-order chi connectivity index (χ1) is 11.2. The molecule has 128 valence electrons. The van der Waals surface area contributed by atoms with E-state index < -0.39 is 28.8 Å². The number of hydrogen-bond acceptors (Lipinski definition) is 2. The summed E-state index contributed by atoms with van der Waals surface area (Å²) in [6.45, 7) is 1.50. The van der Waals surface area contributed by atoms with Crippen LogP contribution in [0.1, 0.15) is 12.5 Å². The topological polar surface area (TPSA) is 38.3 Å². The van der Waals surface area contributed by atoms with Gasteiger partial charge < -0.3 is 10.1 Å². The molecule has 0 aromatic heterocycles. The average molecular weight is 423 g/mol. The Morgan fingerprint density at radius 3 is 2.58 bits per heavy atom. The van der Waals surface area contributed by atoms with Crippen molar-refractivity contribution in [3.63, 3.8) is 0 Å². The quantitative estimate of drug-likeness (QED) is 0.704. The van der Waals surface area contributed by atoms with Crippen LogP contribution in [0.2, 0.25) is 5.02 Å². The monoisotopic (exact) mass is 421 g/mol. The molecule has 1 amide bonds. The van der Waals surface area contributed by atoms with Gasteiger partial charge >= 0.3 is 6.18 Å². The van der Waals surface area contributed by atoms with Crippen molar-refractivity contribution in [1.29, 1.82) is 0 Å². The minimum Gasteiger partial charge on any atom is -0.481 e. The van der Waals surface area contributed by atoms with Crippen LogP contribution in [0.5, 0.6) is 5.75 Å². The number of nitrogens with one attached hydrogen (secondary N) is 1. The zero-order valence-corrected chi connectivity index (χ0v) is 14.7. The van der Waals surface area contributed by atoms with Gasteiger partial charge in [0.25, 0.3) is 5.91 Å². The fourth-order valence-electron chi connectivity index (χ4n) is 1.86. The first kappa shape index (κ1) is 18.6. The molecule has 1 atom stereocenters. The van der Waals surface area contributed by atoms with E-state index in [-0.39, 0.29) is 5.69 Å². The van der Waals surface area contributed by atoms with Gasteiger partial charge in [0.2, 0.25) is 0 Å². The Labute approximate surface area is 149 Å². The van der Waals surface area contributed by atoms with Crippen LogP contribution in [-0.2, 0) is 11.0 Å². The van der Waals surface area contributed by atoms with Gasteiger partial charge in [-0.2, -0.15) is 13.2 Å². The number of rotatable bonds is 4. The molecule has 0 aliphatic carbocycles. The summed E-state index contributed by atoms with van der Waals surface area (Å²) in [7, 11) is 0. The number of carbonyl (C=O) groups is 1. The number of halogens is 5. The molecule has 0 radical (unpaired) electrons. The van der Waals surface area contributed by atoms with E-state index in [1.165, 1.54) is 13.0 Å². The lowest BCUT2D eigenvalue weighted by Gasteiger charge is -2.16. The van der Waals surface area contributed by atoms with Crippen LogP contribution < -0.4 is 10.1 Å². The fourth-order valence-corrected chi connectivity index (χ4v) is 2.47. The van der Waals surface area contributed by atoms with Crippen LogP contribution in [0.4, 0.5) is 18.9 Å². The van der Waals surface area contributed by atoms with Crippen molar-refractivity contribution in [3.8, 4) is 5.75 Å². The zero-order valence-electron chi connectivity index (χ0n) is 12.3. The number of hydrogen-bond donors (Lipinski definition) is 1. The Hall–Kier alpha value is -1.73. The molecule has 8 heteroatoms. The highest BCUT2D eigenvalue weighted by Crippen LogP contribution is 2.36. The van der Waals surface area contributed by atoms with Gasteiger partial charge in [0.05, 0.1) is 10.6 Å². The lowest BCUT2D eigenvalue weighted by molar-refractivity contribution is -0.137. The minimum atomic E-state index is -4.60. The van der Waals surface area contributed by atoms with E-state index in [1.807, 2.05) is 0 Å². The van der Waals surface area contributed by atoms with Crippen LogP contribution in [0.15, 0.2) is 46.9 Å². The second kappa shape index (κ2) is 7.44. The lowest BCUT2D eigenvalue weighted by atomic mass is 10.2. The van der Waals surface area contributed by atoms with Crippen LogP contribution >= 0.6 is 27.5 Å². The maximum absolute atomic E-state index is 12.8. The van der Waals surface area contributed by atoms with Crippen molar-refractivity contribution in [2.45, 2.75) is 19.2 Å². The molecule has 0 fully saturated rings. The molecule has 24 heavy (non-hydrogen) atoms. The highest BCUT2D eigenvalue weighted by Gasteiger charge is 2.33. The summed E-state index contributed by atoms with van der Waals surface area (Å²) in [5, 5.41) is 1.95. The number of amides is 1. The summed E-state index contributed by atoms with van der Waals surface area (Å²) in [6.07, 6.45) is -5.50. The highest BCUT2D eigenvalue weighted by molar-refractivity contribution is 9.10. The van der Waals surface area contributed by atoms with E-state index in [0.717, 1.165) is 16.6 Å². The van der Waals surface area contributed by atoms with E-state index in [4.69, 9.17) is 16.3 Å². The smallest absolute Gasteiger partial charge is 0.417 e. The minimum absolute atomic E-state index is 0.0126.